The number of amides is 2. The van der Waals surface area contributed by atoms with Crippen LogP contribution < -0.4 is 10.6 Å². The molecule has 2 N–H and O–H groups in total. The lowest BCUT2D eigenvalue weighted by Gasteiger charge is -2.20. The maximum atomic E-state index is 11.8. The van der Waals surface area contributed by atoms with Crippen molar-refractivity contribution in [3.63, 3.8) is 0 Å². The Bertz CT molecular complexity index is 212. The molecule has 0 spiro atoms. The number of carbonyl (C=O) groups excluding carboxylic acids is 1. The van der Waals surface area contributed by atoms with Crippen molar-refractivity contribution >= 4 is 6.03 Å². The van der Waals surface area contributed by atoms with Crippen molar-refractivity contribution in [3.05, 3.63) is 0 Å². The molecule has 15 heavy (non-hydrogen) atoms. The summed E-state index contributed by atoms with van der Waals surface area (Å²) in [6, 6.07) is -0.643. The third-order valence-electron chi connectivity index (χ3n) is 2.07. The molecule has 88 valence electrons. The van der Waals surface area contributed by atoms with E-state index in [0.29, 0.717) is 19.6 Å². The highest BCUT2D eigenvalue weighted by Crippen LogP contribution is 2.12. The van der Waals surface area contributed by atoms with Crippen LogP contribution in [0.25, 0.3) is 0 Å². The maximum Gasteiger partial charge on any atom is 0.405 e. The Morgan fingerprint density at radius 1 is 1.33 bits per heavy atom. The van der Waals surface area contributed by atoms with Crippen molar-refractivity contribution in [2.45, 2.75) is 12.6 Å². The van der Waals surface area contributed by atoms with Crippen LogP contribution >= 0.6 is 0 Å². The van der Waals surface area contributed by atoms with Gasteiger partial charge in [-0.3, -0.25) is 0 Å². The Balaban J connectivity index is 2.32. The Hall–Kier alpha value is -0.980. The minimum atomic E-state index is -4.35. The number of nitrogens with one attached hydrogen (secondary N) is 2. The monoisotopic (exact) mass is 225 g/mol. The van der Waals surface area contributed by atoms with Gasteiger partial charge in [-0.25, -0.2) is 4.79 Å². The number of hydrogen-bond acceptors (Lipinski definition) is 2. The normalized spacial score (nSPS) is 18.5. The molecule has 0 atom stereocenters. The summed E-state index contributed by atoms with van der Waals surface area (Å²) in [6.07, 6.45) is -3.58. The maximum absolute atomic E-state index is 11.8. The fraction of sp³-hybridized carbons (Fsp3) is 0.875. The molecule has 0 aromatic heterocycles. The average molecular weight is 225 g/mol. The van der Waals surface area contributed by atoms with Gasteiger partial charge in [0.2, 0.25) is 0 Å². The Kier molecular flexibility index (Phi) is 4.19. The van der Waals surface area contributed by atoms with E-state index in [9.17, 15) is 18.0 Å². The van der Waals surface area contributed by atoms with Gasteiger partial charge >= 0.3 is 12.2 Å². The summed E-state index contributed by atoms with van der Waals surface area (Å²) in [6.45, 7) is 1.10. The average Bonchev–Trinajstić information content (AvgIpc) is 2.41. The Morgan fingerprint density at radius 2 is 2.07 bits per heavy atom. The minimum Gasteiger partial charge on any atom is -0.329 e. The summed E-state index contributed by atoms with van der Waals surface area (Å²) in [5, 5.41) is 4.91. The third-order valence-corrected chi connectivity index (χ3v) is 2.07. The Morgan fingerprint density at radius 3 is 2.73 bits per heavy atom. The first kappa shape index (κ1) is 12.1. The van der Waals surface area contributed by atoms with E-state index < -0.39 is 18.8 Å². The van der Waals surface area contributed by atoms with Crippen molar-refractivity contribution < 1.29 is 18.0 Å². The van der Waals surface area contributed by atoms with Crippen molar-refractivity contribution in [2.75, 3.05) is 32.7 Å². The number of rotatable bonds is 1. The second-order valence-electron chi connectivity index (χ2n) is 3.36. The zero-order valence-corrected chi connectivity index (χ0v) is 8.23. The van der Waals surface area contributed by atoms with Gasteiger partial charge in [0.15, 0.2) is 0 Å². The van der Waals surface area contributed by atoms with Gasteiger partial charge in [0.25, 0.3) is 0 Å². The van der Waals surface area contributed by atoms with Crippen molar-refractivity contribution in [2.24, 2.45) is 0 Å². The molecule has 4 nitrogen and oxygen atoms in total. The van der Waals surface area contributed by atoms with Gasteiger partial charge in [-0.15, -0.1) is 0 Å². The fourth-order valence-corrected chi connectivity index (χ4v) is 1.34. The molecule has 1 aliphatic heterocycles. The zero-order valence-electron chi connectivity index (χ0n) is 8.23. The van der Waals surface area contributed by atoms with Crippen LogP contribution in [-0.4, -0.2) is 49.8 Å². The summed E-state index contributed by atoms with van der Waals surface area (Å²) in [5.74, 6) is 0. The number of nitrogens with zero attached hydrogens (tertiary/aromatic N) is 1. The molecule has 0 aromatic carbocycles. The molecule has 0 saturated carbocycles. The second-order valence-corrected chi connectivity index (χ2v) is 3.36. The zero-order chi connectivity index (χ0) is 11.3. The molecule has 0 aliphatic carbocycles. The van der Waals surface area contributed by atoms with Crippen molar-refractivity contribution in [1.82, 2.24) is 15.5 Å². The van der Waals surface area contributed by atoms with E-state index >= 15 is 0 Å². The van der Waals surface area contributed by atoms with E-state index in [-0.39, 0.29) is 0 Å². The highest BCUT2D eigenvalue weighted by molar-refractivity contribution is 5.74. The van der Waals surface area contributed by atoms with Crippen LogP contribution in [0.3, 0.4) is 0 Å². The molecule has 1 rings (SSSR count). The SMILES string of the molecule is O=C(NCC(F)(F)F)N1CCCNCC1. The lowest BCUT2D eigenvalue weighted by Crippen LogP contribution is -2.44. The lowest BCUT2D eigenvalue weighted by molar-refractivity contribution is -0.123. The molecule has 1 saturated heterocycles. The summed E-state index contributed by atoms with van der Waals surface area (Å²) in [7, 11) is 0. The molecule has 7 heteroatoms. The molecule has 2 amide bonds. The predicted molar refractivity (Wildman–Crippen MR) is 48.5 cm³/mol. The quantitative estimate of drug-likeness (QED) is 0.684. The van der Waals surface area contributed by atoms with E-state index in [1.54, 1.807) is 0 Å². The summed E-state index contributed by atoms with van der Waals surface area (Å²) in [5.41, 5.74) is 0. The molecule has 1 fully saturated rings. The highest BCUT2D eigenvalue weighted by atomic mass is 19.4. The van der Waals surface area contributed by atoms with Crippen molar-refractivity contribution in [1.29, 1.82) is 0 Å². The molecular formula is C8H14F3N3O. The first-order chi connectivity index (χ1) is 6.99. The van der Waals surface area contributed by atoms with E-state index in [2.05, 4.69) is 5.32 Å². The van der Waals surface area contributed by atoms with Gasteiger partial charge in [-0.05, 0) is 13.0 Å². The van der Waals surface area contributed by atoms with E-state index in [1.165, 1.54) is 4.90 Å². The molecule has 1 heterocycles. The molecular weight excluding hydrogens is 211 g/mol. The van der Waals surface area contributed by atoms with Gasteiger partial charge in [0.1, 0.15) is 6.54 Å². The predicted octanol–water partition coefficient (Wildman–Crippen LogP) is 0.554. The minimum absolute atomic E-state index is 0.448. The smallest absolute Gasteiger partial charge is 0.329 e. The third kappa shape index (κ3) is 4.87. The van der Waals surface area contributed by atoms with Crippen LogP contribution in [0, 0.1) is 0 Å². The lowest BCUT2D eigenvalue weighted by atomic mass is 10.4. The number of halogens is 3. The molecule has 1 aliphatic rings. The second kappa shape index (κ2) is 5.20. The standard InChI is InChI=1S/C8H14F3N3O/c9-8(10,11)6-13-7(15)14-4-1-2-12-3-5-14/h12H,1-6H2,(H,13,15). The van der Waals surface area contributed by atoms with E-state index in [0.717, 1.165) is 13.0 Å². The van der Waals surface area contributed by atoms with Crippen LogP contribution in [0.15, 0.2) is 0 Å². The van der Waals surface area contributed by atoms with Gasteiger partial charge in [-0.2, -0.15) is 13.2 Å². The molecule has 0 unspecified atom stereocenters. The largest absolute Gasteiger partial charge is 0.405 e. The van der Waals surface area contributed by atoms with Crippen molar-refractivity contribution in [3.8, 4) is 0 Å². The first-order valence-corrected chi connectivity index (χ1v) is 4.79. The fourth-order valence-electron chi connectivity index (χ4n) is 1.34. The van der Waals surface area contributed by atoms with Crippen LogP contribution in [0.1, 0.15) is 6.42 Å². The molecule has 0 radical (unpaired) electrons. The van der Waals surface area contributed by atoms with Crippen LogP contribution in [0.4, 0.5) is 18.0 Å². The van der Waals surface area contributed by atoms with Gasteiger partial charge in [-0.1, -0.05) is 0 Å². The Labute approximate surface area is 85.8 Å². The van der Waals surface area contributed by atoms with Crippen LogP contribution in [0.5, 0.6) is 0 Å². The van der Waals surface area contributed by atoms with Crippen LogP contribution in [0.2, 0.25) is 0 Å². The number of urea groups is 1. The van der Waals surface area contributed by atoms with Gasteiger partial charge < -0.3 is 15.5 Å². The summed E-state index contributed by atoms with van der Waals surface area (Å²) >= 11 is 0. The summed E-state index contributed by atoms with van der Waals surface area (Å²) < 4.78 is 35.5. The van der Waals surface area contributed by atoms with Crippen LogP contribution in [-0.2, 0) is 0 Å². The van der Waals surface area contributed by atoms with Gasteiger partial charge in [0.05, 0.1) is 0 Å². The van der Waals surface area contributed by atoms with E-state index in [1.807, 2.05) is 5.32 Å². The molecule has 0 aromatic rings. The first-order valence-electron chi connectivity index (χ1n) is 4.79. The number of hydrogen-bond donors (Lipinski definition) is 2. The molecule has 0 bridgehead atoms. The summed E-state index contributed by atoms with van der Waals surface area (Å²) in [4.78, 5) is 12.7. The van der Waals surface area contributed by atoms with E-state index in [4.69, 9.17) is 0 Å². The highest BCUT2D eigenvalue weighted by Gasteiger charge is 2.28. The number of carbonyl (C=O) groups is 1. The number of alkyl halides is 3. The topological polar surface area (TPSA) is 44.4 Å². The van der Waals surface area contributed by atoms with Gasteiger partial charge in [0, 0.05) is 19.6 Å².